The van der Waals surface area contributed by atoms with Gasteiger partial charge >= 0.3 is 39.5 Å². The zero-order valence-electron chi connectivity index (χ0n) is 60.9. The van der Waals surface area contributed by atoms with Gasteiger partial charge < -0.3 is 33.8 Å². The van der Waals surface area contributed by atoms with Crippen LogP contribution >= 0.6 is 15.6 Å². The summed E-state index contributed by atoms with van der Waals surface area (Å²) in [6.07, 6.45) is 77.7. The second-order valence-electron chi connectivity index (χ2n) is 24.5. The number of esters is 4. The highest BCUT2D eigenvalue weighted by Crippen LogP contribution is 2.45. The zero-order valence-corrected chi connectivity index (χ0v) is 62.7. The van der Waals surface area contributed by atoms with Crippen LogP contribution in [-0.4, -0.2) is 96.7 Å². The minimum absolute atomic E-state index is 0.0770. The molecule has 5 atom stereocenters. The van der Waals surface area contributed by atoms with E-state index in [4.69, 9.17) is 37.0 Å². The van der Waals surface area contributed by atoms with Crippen molar-refractivity contribution in [1.82, 2.24) is 0 Å². The third kappa shape index (κ3) is 69.7. The van der Waals surface area contributed by atoms with Crippen molar-refractivity contribution < 1.29 is 80.2 Å². The Morgan fingerprint density at radius 3 is 0.959 bits per heavy atom. The molecule has 0 amide bonds. The van der Waals surface area contributed by atoms with E-state index in [-0.39, 0.29) is 25.7 Å². The van der Waals surface area contributed by atoms with Gasteiger partial charge in [0.1, 0.15) is 19.3 Å². The molecule has 17 nitrogen and oxygen atoms in total. The number of carbonyl (C=O) groups is 4. The Kier molecular flexibility index (Phi) is 67.2. The maximum atomic E-state index is 13.1. The number of rotatable bonds is 69. The van der Waals surface area contributed by atoms with E-state index in [1.807, 2.05) is 12.2 Å². The molecule has 0 aromatic heterocycles. The highest BCUT2D eigenvalue weighted by molar-refractivity contribution is 7.47. The van der Waals surface area contributed by atoms with Crippen LogP contribution in [0.3, 0.4) is 0 Å². The van der Waals surface area contributed by atoms with Crippen molar-refractivity contribution in [3.05, 3.63) is 134 Å². The van der Waals surface area contributed by atoms with Crippen molar-refractivity contribution in [2.24, 2.45) is 0 Å². The van der Waals surface area contributed by atoms with Gasteiger partial charge in [-0.25, -0.2) is 9.13 Å². The van der Waals surface area contributed by atoms with Gasteiger partial charge in [0.05, 0.1) is 32.8 Å². The summed E-state index contributed by atoms with van der Waals surface area (Å²) in [4.78, 5) is 72.7. The highest BCUT2D eigenvalue weighted by Gasteiger charge is 2.30. The van der Waals surface area contributed by atoms with Crippen LogP contribution in [-0.2, 0) is 65.4 Å². The maximum Gasteiger partial charge on any atom is 0.472 e. The molecule has 0 saturated heterocycles. The van der Waals surface area contributed by atoms with Crippen LogP contribution in [0.25, 0.3) is 0 Å². The molecule has 0 radical (unpaired) electrons. The van der Waals surface area contributed by atoms with Crippen molar-refractivity contribution in [1.29, 1.82) is 0 Å². The molecule has 0 aliphatic rings. The molecule has 5 unspecified atom stereocenters. The Morgan fingerprint density at radius 1 is 0.306 bits per heavy atom. The first-order chi connectivity index (χ1) is 47.7. The highest BCUT2D eigenvalue weighted by atomic mass is 31.2. The van der Waals surface area contributed by atoms with Gasteiger partial charge in [-0.05, 0) is 135 Å². The summed E-state index contributed by atoms with van der Waals surface area (Å²) in [6, 6.07) is 0. The molecule has 3 N–H and O–H groups in total. The fraction of sp³-hybridized carbons (Fsp3) is 0.671. The minimum atomic E-state index is -5.00. The normalized spacial score (nSPS) is 14.7. The van der Waals surface area contributed by atoms with Crippen LogP contribution < -0.4 is 0 Å². The molecule has 0 fully saturated rings. The number of aliphatic hydroxyl groups is 1. The predicted molar refractivity (Wildman–Crippen MR) is 399 cm³/mol. The summed E-state index contributed by atoms with van der Waals surface area (Å²) < 4.78 is 68.2. The van der Waals surface area contributed by atoms with Crippen molar-refractivity contribution in [2.45, 2.75) is 303 Å². The van der Waals surface area contributed by atoms with E-state index >= 15 is 0 Å². The molecule has 0 bridgehead atoms. The van der Waals surface area contributed by atoms with Crippen LogP contribution in [0.4, 0.5) is 0 Å². The first-order valence-corrected chi connectivity index (χ1v) is 40.4. The fourth-order valence-electron chi connectivity index (χ4n) is 9.46. The van der Waals surface area contributed by atoms with Gasteiger partial charge in [0.25, 0.3) is 0 Å². The van der Waals surface area contributed by atoms with Crippen molar-refractivity contribution in [2.75, 3.05) is 39.6 Å². The SMILES string of the molecule is CC/C=C\C/C=C\C/C=C\C/C=C\C/C=C\CC(=O)OC(COC(=O)CCCCCCCCC/C=C\C/C=C\C/C=C\CC)COP(=O)(O)OCC(O)COP(=O)(O)OCC(COC(=O)CCCCCCC/C=C\C/C=C\CCC)OC(=O)CCCCCCC/C=C\CCCCCC. The Hall–Kier alpha value is -4.80. The molecule has 0 aliphatic heterocycles. The van der Waals surface area contributed by atoms with Crippen LogP contribution in [0, 0.1) is 0 Å². The summed E-state index contributed by atoms with van der Waals surface area (Å²) in [7, 11) is -9.99. The lowest BCUT2D eigenvalue weighted by molar-refractivity contribution is -0.161. The monoisotopic (exact) mass is 1410 g/mol. The topological polar surface area (TPSA) is 237 Å². The van der Waals surface area contributed by atoms with E-state index in [2.05, 4.69) is 137 Å². The summed E-state index contributed by atoms with van der Waals surface area (Å²) in [5.41, 5.74) is 0. The molecule has 0 aromatic carbocycles. The van der Waals surface area contributed by atoms with Gasteiger partial charge in [-0.1, -0.05) is 258 Å². The fourth-order valence-corrected chi connectivity index (χ4v) is 11.0. The van der Waals surface area contributed by atoms with Crippen LogP contribution in [0.1, 0.15) is 285 Å². The van der Waals surface area contributed by atoms with E-state index in [1.54, 1.807) is 12.2 Å². The average Bonchev–Trinajstić information content (AvgIpc) is 1.02. The lowest BCUT2D eigenvalue weighted by atomic mass is 10.1. The Balaban J connectivity index is 5.43. The van der Waals surface area contributed by atoms with Crippen molar-refractivity contribution in [3.8, 4) is 0 Å². The molecule has 0 aliphatic carbocycles. The number of carbonyl (C=O) groups excluding carboxylic acids is 4. The molecule has 0 saturated carbocycles. The van der Waals surface area contributed by atoms with E-state index in [0.717, 1.165) is 180 Å². The predicted octanol–water partition coefficient (Wildman–Crippen LogP) is 21.3. The molecular weight excluding hydrogens is 1280 g/mol. The zero-order chi connectivity index (χ0) is 71.8. The largest absolute Gasteiger partial charge is 0.472 e. The Bertz CT molecular complexity index is 2380. The van der Waals surface area contributed by atoms with E-state index in [1.165, 1.54) is 25.7 Å². The third-order valence-electron chi connectivity index (χ3n) is 15.1. The van der Waals surface area contributed by atoms with E-state index in [0.29, 0.717) is 25.7 Å². The molecule has 0 spiro atoms. The average molecular weight is 1420 g/mol. The first-order valence-electron chi connectivity index (χ1n) is 37.4. The van der Waals surface area contributed by atoms with Crippen LogP contribution in [0.5, 0.6) is 0 Å². The number of phosphoric ester groups is 2. The van der Waals surface area contributed by atoms with Gasteiger partial charge in [0.15, 0.2) is 12.2 Å². The van der Waals surface area contributed by atoms with Crippen molar-refractivity contribution >= 4 is 39.5 Å². The van der Waals surface area contributed by atoms with E-state index < -0.39 is 97.5 Å². The van der Waals surface area contributed by atoms with Gasteiger partial charge in [-0.2, -0.15) is 0 Å². The smallest absolute Gasteiger partial charge is 0.462 e. The Labute approximate surface area is 593 Å². The van der Waals surface area contributed by atoms with Crippen LogP contribution in [0.2, 0.25) is 0 Å². The molecule has 19 heteroatoms. The second kappa shape index (κ2) is 70.6. The van der Waals surface area contributed by atoms with Gasteiger partial charge in [0.2, 0.25) is 0 Å². The number of hydrogen-bond acceptors (Lipinski definition) is 15. The summed E-state index contributed by atoms with van der Waals surface area (Å²) >= 11 is 0. The molecular formula is C79H132O17P2. The number of aliphatic hydroxyl groups excluding tert-OH is 1. The third-order valence-corrected chi connectivity index (χ3v) is 17.0. The summed E-state index contributed by atoms with van der Waals surface area (Å²) in [5.74, 6) is -2.36. The Morgan fingerprint density at radius 2 is 0.592 bits per heavy atom. The number of ether oxygens (including phenoxy) is 4. The minimum Gasteiger partial charge on any atom is -0.462 e. The first kappa shape index (κ1) is 93.2. The van der Waals surface area contributed by atoms with Crippen molar-refractivity contribution in [3.63, 3.8) is 0 Å². The molecule has 560 valence electrons. The number of phosphoric acid groups is 2. The van der Waals surface area contributed by atoms with Gasteiger partial charge in [0, 0.05) is 19.3 Å². The number of allylic oxidation sites excluding steroid dienone is 21. The lowest BCUT2D eigenvalue weighted by Crippen LogP contribution is -2.30. The number of unbranched alkanes of at least 4 members (excludes halogenated alkanes) is 22. The second-order valence-corrected chi connectivity index (χ2v) is 27.4. The maximum absolute atomic E-state index is 13.1. The summed E-state index contributed by atoms with van der Waals surface area (Å²) in [6.45, 7) is 4.40. The lowest BCUT2D eigenvalue weighted by Gasteiger charge is -2.21. The molecule has 98 heavy (non-hydrogen) atoms. The number of hydrogen-bond donors (Lipinski definition) is 3. The standard InChI is InChI=1S/C79H132O17P2/c1-5-9-13-17-21-25-29-33-35-36-38-41-44-48-52-56-60-64-77(82)90-70-75(96-79(84)66-62-58-54-50-46-42-37-34-30-26-22-18-14-10-6-2)72-94-98(87,88)92-68-73(80)67-91-97(85,86)93-71-74(95-78(83)65-61-57-53-49-45-40-32-28-24-20-16-12-8-4)69-89-76(81)63-59-55-51-47-43-39-31-27-23-19-15-11-7-3/h9-10,13-15,19,21-22,25-28,31-35,37,46,50,58,62,73-75,80H,5-8,11-12,16-18,20,23-24,29-30,36,38-45,47-49,51-57,59-61,63-72H2,1-4H3,(H,85,86)(H,87,88)/b13-9-,14-10-,19-15-,25-21-,26-22-,31-27-,32-28-,35-33-,37-34-,50-46-,62-58-. The molecule has 0 aromatic rings. The summed E-state index contributed by atoms with van der Waals surface area (Å²) in [5, 5.41) is 10.6. The molecule has 0 rings (SSSR count). The quantitative estimate of drug-likeness (QED) is 0.0169. The van der Waals surface area contributed by atoms with Crippen LogP contribution in [0.15, 0.2) is 134 Å². The molecule has 0 heterocycles. The van der Waals surface area contributed by atoms with E-state index in [9.17, 15) is 43.2 Å². The van der Waals surface area contributed by atoms with Gasteiger partial charge in [-0.3, -0.25) is 37.3 Å². The van der Waals surface area contributed by atoms with Gasteiger partial charge in [-0.15, -0.1) is 0 Å².